The van der Waals surface area contributed by atoms with Crippen LogP contribution in [0, 0.1) is 0 Å². The standard InChI is InChI=1S/C18H29.2ClH.Ga/c1-16(2,3)13-10-14(17(4,5)6)12-15(11-13)18(7,8)9;;;/h10-11H,1-9H3;2*1H;/q;;;+2/p-2. The molecule has 118 valence electrons. The molecule has 0 aliphatic rings. The molecular formula is C18H29Cl2Ga. The second-order valence-electron chi connectivity index (χ2n) is 9.04. The first kappa shape index (κ1) is 19.5. The molecule has 0 N–H and O–H groups in total. The van der Waals surface area contributed by atoms with Gasteiger partial charge in [-0.1, -0.05) is 0 Å². The summed E-state index contributed by atoms with van der Waals surface area (Å²) in [5.74, 6) is 0. The van der Waals surface area contributed by atoms with Crippen molar-refractivity contribution in [3.8, 4) is 0 Å². The van der Waals surface area contributed by atoms with Crippen molar-refractivity contribution < 1.29 is 0 Å². The van der Waals surface area contributed by atoms with Crippen molar-refractivity contribution in [3.63, 3.8) is 0 Å². The number of rotatable bonds is 1. The van der Waals surface area contributed by atoms with E-state index in [0.717, 1.165) is 0 Å². The molecule has 21 heavy (non-hydrogen) atoms. The van der Waals surface area contributed by atoms with Crippen LogP contribution < -0.4 is 4.12 Å². The van der Waals surface area contributed by atoms with Gasteiger partial charge in [0.1, 0.15) is 0 Å². The Kier molecular flexibility index (Phi) is 5.70. The molecule has 0 saturated carbocycles. The van der Waals surface area contributed by atoms with Crippen molar-refractivity contribution in [3.05, 3.63) is 28.8 Å². The first-order valence-corrected chi connectivity index (χ1v) is 15.2. The maximum absolute atomic E-state index is 6.55. The maximum atomic E-state index is 6.55. The normalized spacial score (nSPS) is 13.5. The van der Waals surface area contributed by atoms with Crippen molar-refractivity contribution >= 4 is 37.6 Å². The zero-order chi connectivity index (χ0) is 16.8. The van der Waals surface area contributed by atoms with Gasteiger partial charge in [-0.3, -0.25) is 0 Å². The van der Waals surface area contributed by atoms with Gasteiger partial charge in [-0.2, -0.15) is 0 Å². The molecule has 0 saturated heterocycles. The zero-order valence-electron chi connectivity index (χ0n) is 15.0. The van der Waals surface area contributed by atoms with E-state index in [2.05, 4.69) is 74.4 Å². The molecular weight excluding hydrogens is 357 g/mol. The van der Waals surface area contributed by atoms with Crippen LogP contribution in [0.4, 0.5) is 0 Å². The van der Waals surface area contributed by atoms with Gasteiger partial charge in [0.25, 0.3) is 0 Å². The number of hydrogen-bond acceptors (Lipinski definition) is 0. The van der Waals surface area contributed by atoms with Gasteiger partial charge in [-0.15, -0.1) is 0 Å². The molecule has 1 aromatic carbocycles. The van der Waals surface area contributed by atoms with E-state index in [0.29, 0.717) is 0 Å². The third-order valence-corrected chi connectivity index (χ3v) is 8.37. The van der Waals surface area contributed by atoms with Crippen LogP contribution in [0.25, 0.3) is 0 Å². The Morgan fingerprint density at radius 3 is 1.19 bits per heavy atom. The summed E-state index contributed by atoms with van der Waals surface area (Å²) < 4.78 is 1.28. The number of benzene rings is 1. The summed E-state index contributed by atoms with van der Waals surface area (Å²) in [6.07, 6.45) is 0. The van der Waals surface area contributed by atoms with Crippen LogP contribution in [-0.4, -0.2) is 14.2 Å². The Morgan fingerprint density at radius 1 is 0.667 bits per heavy atom. The Labute approximate surface area is 144 Å². The molecule has 0 radical (unpaired) electrons. The third kappa shape index (κ3) is 4.70. The molecule has 3 heteroatoms. The predicted octanol–water partition coefficient (Wildman–Crippen LogP) is 5.75. The van der Waals surface area contributed by atoms with E-state index in [1.165, 1.54) is 20.8 Å². The monoisotopic (exact) mass is 384 g/mol. The van der Waals surface area contributed by atoms with Gasteiger partial charge in [-0.05, 0) is 0 Å². The minimum absolute atomic E-state index is 0.0594. The van der Waals surface area contributed by atoms with E-state index >= 15 is 0 Å². The summed E-state index contributed by atoms with van der Waals surface area (Å²) in [6, 6.07) is 4.68. The predicted molar refractivity (Wildman–Crippen MR) is 99.6 cm³/mol. The van der Waals surface area contributed by atoms with Crippen LogP contribution >= 0.6 is 19.3 Å². The van der Waals surface area contributed by atoms with E-state index in [9.17, 15) is 0 Å². The number of halogens is 2. The second-order valence-corrected chi connectivity index (χ2v) is 17.2. The fourth-order valence-corrected chi connectivity index (χ4v) is 8.16. The van der Waals surface area contributed by atoms with Gasteiger partial charge >= 0.3 is 145 Å². The van der Waals surface area contributed by atoms with Crippen molar-refractivity contribution in [2.75, 3.05) is 0 Å². The van der Waals surface area contributed by atoms with Crippen molar-refractivity contribution in [2.24, 2.45) is 0 Å². The fourth-order valence-electron chi connectivity index (χ4n) is 2.56. The molecule has 1 aromatic rings. The van der Waals surface area contributed by atoms with Gasteiger partial charge < -0.3 is 0 Å². The first-order valence-electron chi connectivity index (χ1n) is 7.63. The van der Waals surface area contributed by atoms with E-state index in [1.54, 1.807) is 0 Å². The molecule has 0 aromatic heterocycles. The molecule has 0 amide bonds. The summed E-state index contributed by atoms with van der Waals surface area (Å²) in [5, 5.41) is 0. The second kappa shape index (κ2) is 6.15. The van der Waals surface area contributed by atoms with Gasteiger partial charge in [0.05, 0.1) is 0 Å². The molecule has 0 spiro atoms. The van der Waals surface area contributed by atoms with E-state index in [4.69, 9.17) is 19.3 Å². The summed E-state index contributed by atoms with van der Waals surface area (Å²) in [6.45, 7) is 20.3. The Balaban J connectivity index is 3.85. The summed E-state index contributed by atoms with van der Waals surface area (Å²) >= 11 is -2.44. The van der Waals surface area contributed by atoms with E-state index < -0.39 is 14.2 Å². The molecule has 0 aliphatic carbocycles. The molecule has 0 nitrogen and oxygen atoms in total. The molecule has 1 rings (SSSR count). The number of hydrogen-bond donors (Lipinski definition) is 0. The van der Waals surface area contributed by atoms with Crippen LogP contribution in [-0.2, 0) is 16.2 Å². The van der Waals surface area contributed by atoms with Gasteiger partial charge in [0, 0.05) is 0 Å². The average Bonchev–Trinajstić information content (AvgIpc) is 2.23. The summed E-state index contributed by atoms with van der Waals surface area (Å²) in [7, 11) is 13.1. The molecule has 0 fully saturated rings. The molecule has 0 atom stereocenters. The van der Waals surface area contributed by atoms with Crippen LogP contribution in [0.3, 0.4) is 0 Å². The molecule has 0 unspecified atom stereocenters. The van der Waals surface area contributed by atoms with Crippen LogP contribution in [0.1, 0.15) is 79.0 Å². The summed E-state index contributed by atoms with van der Waals surface area (Å²) in [4.78, 5) is 0. The molecule has 0 aliphatic heterocycles. The van der Waals surface area contributed by atoms with Crippen LogP contribution in [0.15, 0.2) is 12.1 Å². The Morgan fingerprint density at radius 2 is 1.00 bits per heavy atom. The van der Waals surface area contributed by atoms with Gasteiger partial charge in [0.2, 0.25) is 0 Å². The van der Waals surface area contributed by atoms with Crippen LogP contribution in [0.5, 0.6) is 0 Å². The van der Waals surface area contributed by atoms with E-state index in [-0.39, 0.29) is 16.2 Å². The Hall–Kier alpha value is 0.436. The SMILES string of the molecule is CC(C)(C)c1cc(C(C)(C)C)[c]([Ga]([Cl])[Cl])c(C(C)(C)C)c1. The molecule has 0 bridgehead atoms. The van der Waals surface area contributed by atoms with Gasteiger partial charge in [0.15, 0.2) is 0 Å². The zero-order valence-corrected chi connectivity index (χ0v) is 18.9. The van der Waals surface area contributed by atoms with Crippen molar-refractivity contribution in [2.45, 2.75) is 78.6 Å². The van der Waals surface area contributed by atoms with E-state index in [1.807, 2.05) is 0 Å². The van der Waals surface area contributed by atoms with Crippen molar-refractivity contribution in [1.29, 1.82) is 0 Å². The fraction of sp³-hybridized carbons (Fsp3) is 0.667. The van der Waals surface area contributed by atoms with Crippen LogP contribution in [0.2, 0.25) is 0 Å². The average molecular weight is 386 g/mol. The topological polar surface area (TPSA) is 0 Å². The minimum atomic E-state index is -2.44. The first-order chi connectivity index (χ1) is 9.15. The van der Waals surface area contributed by atoms with Gasteiger partial charge in [-0.25, -0.2) is 0 Å². The molecule has 0 heterocycles. The summed E-state index contributed by atoms with van der Waals surface area (Å²) in [5.41, 5.74) is 4.30. The third-order valence-electron chi connectivity index (χ3n) is 3.88. The van der Waals surface area contributed by atoms with Crippen molar-refractivity contribution in [1.82, 2.24) is 0 Å². The Bertz CT molecular complexity index is 476. The quantitative estimate of drug-likeness (QED) is 0.539.